The lowest BCUT2D eigenvalue weighted by molar-refractivity contribution is 0.619. The predicted octanol–water partition coefficient (Wildman–Crippen LogP) is 6.44. The van der Waals surface area contributed by atoms with Crippen LogP contribution in [-0.4, -0.2) is 24.5 Å². The van der Waals surface area contributed by atoms with Gasteiger partial charge in [0.1, 0.15) is 5.58 Å². The minimum atomic E-state index is 0.596. The summed E-state index contributed by atoms with van der Waals surface area (Å²) in [6.07, 6.45) is 8.83. The molecule has 0 spiro atoms. The van der Waals surface area contributed by atoms with E-state index in [1.165, 1.54) is 0 Å². The number of nitrogens with zero attached hydrogens (tertiary/aromatic N) is 5. The first-order valence-corrected chi connectivity index (χ1v) is 11.0. The van der Waals surface area contributed by atoms with E-state index in [9.17, 15) is 0 Å². The van der Waals surface area contributed by atoms with Crippen molar-refractivity contribution < 1.29 is 4.42 Å². The van der Waals surface area contributed by atoms with Gasteiger partial charge in [0.2, 0.25) is 5.95 Å². The van der Waals surface area contributed by atoms with Crippen LogP contribution in [0.5, 0.6) is 0 Å². The van der Waals surface area contributed by atoms with E-state index in [2.05, 4.69) is 38.8 Å². The number of rotatable bonds is 3. The summed E-state index contributed by atoms with van der Waals surface area (Å²) in [7, 11) is 0. The minimum absolute atomic E-state index is 0.596. The summed E-state index contributed by atoms with van der Waals surface area (Å²) in [5.41, 5.74) is 6.48. The first-order chi connectivity index (χ1) is 16.9. The minimum Gasteiger partial charge on any atom is -0.464 e. The smallest absolute Gasteiger partial charge is 0.235 e. The molecule has 5 aromatic heterocycles. The van der Waals surface area contributed by atoms with E-state index in [1.54, 1.807) is 31.1 Å². The Hall–Kier alpha value is -4.84. The molecule has 0 radical (unpaired) electrons. The monoisotopic (exact) mass is 439 g/mol. The first kappa shape index (κ1) is 18.7. The molecule has 0 fully saturated rings. The fourth-order valence-corrected chi connectivity index (χ4v) is 4.57. The van der Waals surface area contributed by atoms with Crippen molar-refractivity contribution >= 4 is 32.8 Å². The Morgan fingerprint density at radius 3 is 2.03 bits per heavy atom. The highest BCUT2D eigenvalue weighted by molar-refractivity contribution is 6.19. The molecule has 34 heavy (non-hydrogen) atoms. The van der Waals surface area contributed by atoms with Crippen molar-refractivity contribution in [3.8, 4) is 28.5 Å². The molecule has 7 aromatic rings. The molecule has 0 saturated carbocycles. The van der Waals surface area contributed by atoms with Crippen LogP contribution in [0.25, 0.3) is 61.2 Å². The van der Waals surface area contributed by atoms with Gasteiger partial charge in [0.05, 0.1) is 34.1 Å². The van der Waals surface area contributed by atoms with E-state index < -0.39 is 0 Å². The largest absolute Gasteiger partial charge is 0.464 e. The summed E-state index contributed by atoms with van der Waals surface area (Å²) in [6, 6.07) is 24.3. The molecular weight excluding hydrogens is 422 g/mol. The van der Waals surface area contributed by atoms with Crippen LogP contribution >= 0.6 is 0 Å². The van der Waals surface area contributed by atoms with Gasteiger partial charge in [-0.05, 0) is 54.6 Å². The van der Waals surface area contributed by atoms with Gasteiger partial charge >= 0.3 is 0 Å². The second-order valence-corrected chi connectivity index (χ2v) is 8.06. The van der Waals surface area contributed by atoms with Gasteiger partial charge < -0.3 is 4.42 Å². The predicted molar refractivity (Wildman–Crippen MR) is 133 cm³/mol. The molecule has 0 aliphatic rings. The fourth-order valence-electron chi connectivity index (χ4n) is 4.57. The van der Waals surface area contributed by atoms with E-state index in [4.69, 9.17) is 14.4 Å². The summed E-state index contributed by atoms with van der Waals surface area (Å²) in [5.74, 6) is 0.596. The average molecular weight is 439 g/mol. The Morgan fingerprint density at radius 1 is 0.647 bits per heavy atom. The number of para-hydroxylation sites is 1. The van der Waals surface area contributed by atoms with Crippen LogP contribution in [0.1, 0.15) is 0 Å². The lowest BCUT2D eigenvalue weighted by atomic mass is 10.1. The number of pyridine rings is 2. The normalized spacial score (nSPS) is 11.5. The summed E-state index contributed by atoms with van der Waals surface area (Å²) < 4.78 is 8.02. The van der Waals surface area contributed by atoms with Crippen LogP contribution in [0.4, 0.5) is 0 Å². The van der Waals surface area contributed by atoms with Crippen LogP contribution in [0.15, 0.2) is 108 Å². The Bertz CT molecular complexity index is 1750. The van der Waals surface area contributed by atoms with Crippen LogP contribution in [0.3, 0.4) is 0 Å². The highest BCUT2D eigenvalue weighted by Gasteiger charge is 2.19. The molecule has 0 bridgehead atoms. The second-order valence-electron chi connectivity index (χ2n) is 8.06. The molecule has 0 N–H and O–H groups in total. The Labute approximate surface area is 194 Å². The molecule has 2 aromatic carbocycles. The van der Waals surface area contributed by atoms with Gasteiger partial charge in [-0.15, -0.1) is 0 Å². The molecule has 0 aliphatic heterocycles. The van der Waals surface area contributed by atoms with Gasteiger partial charge in [0.25, 0.3) is 0 Å². The molecule has 0 unspecified atom stereocenters. The van der Waals surface area contributed by atoms with Crippen molar-refractivity contribution in [2.24, 2.45) is 0 Å². The van der Waals surface area contributed by atoms with E-state index in [0.717, 1.165) is 55.3 Å². The number of benzene rings is 2. The van der Waals surface area contributed by atoms with Crippen molar-refractivity contribution in [3.05, 3.63) is 104 Å². The highest BCUT2D eigenvalue weighted by Crippen LogP contribution is 2.37. The van der Waals surface area contributed by atoms with Gasteiger partial charge in [-0.25, -0.2) is 9.97 Å². The third-order valence-electron chi connectivity index (χ3n) is 6.12. The number of fused-ring (bicyclic) bond motifs is 5. The van der Waals surface area contributed by atoms with E-state index in [1.807, 2.05) is 48.5 Å². The maximum absolute atomic E-state index is 5.91. The zero-order valence-corrected chi connectivity index (χ0v) is 18.0. The molecule has 6 nitrogen and oxygen atoms in total. The quantitative estimate of drug-likeness (QED) is 0.317. The molecular formula is C28H17N5O. The zero-order chi connectivity index (χ0) is 22.5. The molecule has 6 heteroatoms. The molecule has 5 heterocycles. The van der Waals surface area contributed by atoms with Gasteiger partial charge in [-0.3, -0.25) is 14.5 Å². The third kappa shape index (κ3) is 2.82. The average Bonchev–Trinajstić information content (AvgIpc) is 3.52. The lowest BCUT2D eigenvalue weighted by Crippen LogP contribution is -2.04. The van der Waals surface area contributed by atoms with Gasteiger partial charge in [0.15, 0.2) is 0 Å². The van der Waals surface area contributed by atoms with Gasteiger partial charge in [0, 0.05) is 46.7 Å². The van der Waals surface area contributed by atoms with E-state index in [-0.39, 0.29) is 0 Å². The van der Waals surface area contributed by atoms with Gasteiger partial charge in [-0.2, -0.15) is 0 Å². The van der Waals surface area contributed by atoms with Crippen LogP contribution < -0.4 is 0 Å². The summed E-state index contributed by atoms with van der Waals surface area (Å²) in [4.78, 5) is 18.4. The Kier molecular flexibility index (Phi) is 4.04. The zero-order valence-electron chi connectivity index (χ0n) is 18.0. The number of furan rings is 1. The number of aromatic nitrogens is 5. The highest BCUT2D eigenvalue weighted by atomic mass is 16.3. The number of hydrogen-bond acceptors (Lipinski definition) is 5. The molecule has 160 valence electrons. The third-order valence-corrected chi connectivity index (χ3v) is 6.12. The standard InChI is InChI=1S/C28H17N5O/c1-2-4-24-21(3-1)26-25(6-5-20-11-16-34-27(20)26)33(24)28-31-22(18-7-12-29-13-8-18)17-23(32-28)19-9-14-30-15-10-19/h1-17H. The molecule has 0 saturated heterocycles. The SMILES string of the molecule is c1ccc2c(c1)c1c3occc3ccc1n2-c1nc(-c2ccncc2)cc(-c2ccncc2)n1. The lowest BCUT2D eigenvalue weighted by Gasteiger charge is -2.11. The van der Waals surface area contributed by atoms with Crippen molar-refractivity contribution in [2.75, 3.05) is 0 Å². The fraction of sp³-hybridized carbons (Fsp3) is 0. The number of hydrogen-bond donors (Lipinski definition) is 0. The van der Waals surface area contributed by atoms with E-state index in [0.29, 0.717) is 5.95 Å². The second kappa shape index (κ2) is 7.35. The van der Waals surface area contributed by atoms with Crippen LogP contribution in [0.2, 0.25) is 0 Å². The maximum atomic E-state index is 5.91. The molecule has 0 aliphatic carbocycles. The summed E-state index contributed by atoms with van der Waals surface area (Å²) in [5, 5.41) is 3.22. The molecule has 0 amide bonds. The van der Waals surface area contributed by atoms with Crippen molar-refractivity contribution in [2.45, 2.75) is 0 Å². The Balaban J connectivity index is 1.59. The van der Waals surface area contributed by atoms with Crippen molar-refractivity contribution in [3.63, 3.8) is 0 Å². The first-order valence-electron chi connectivity index (χ1n) is 11.0. The van der Waals surface area contributed by atoms with Crippen molar-refractivity contribution in [1.82, 2.24) is 24.5 Å². The van der Waals surface area contributed by atoms with Crippen LogP contribution in [-0.2, 0) is 0 Å². The molecule has 0 atom stereocenters. The van der Waals surface area contributed by atoms with Crippen LogP contribution in [0, 0.1) is 0 Å². The summed E-state index contributed by atoms with van der Waals surface area (Å²) >= 11 is 0. The van der Waals surface area contributed by atoms with Gasteiger partial charge in [-0.1, -0.05) is 18.2 Å². The summed E-state index contributed by atoms with van der Waals surface area (Å²) in [6.45, 7) is 0. The topological polar surface area (TPSA) is 69.6 Å². The van der Waals surface area contributed by atoms with E-state index >= 15 is 0 Å². The maximum Gasteiger partial charge on any atom is 0.235 e. The molecule has 7 rings (SSSR count). The Morgan fingerprint density at radius 2 is 1.32 bits per heavy atom. The van der Waals surface area contributed by atoms with Crippen molar-refractivity contribution in [1.29, 1.82) is 0 Å².